The van der Waals surface area contributed by atoms with Crippen LogP contribution in [0, 0.1) is 0 Å². The van der Waals surface area contributed by atoms with Gasteiger partial charge in [-0.2, -0.15) is 0 Å². The third-order valence-electron chi connectivity index (χ3n) is 11.3. The van der Waals surface area contributed by atoms with E-state index < -0.39 is 9.93 Å². The molecule has 1 radical (unpaired) electrons. The lowest BCUT2D eigenvalue weighted by atomic mass is 9.83. The van der Waals surface area contributed by atoms with Gasteiger partial charge in [-0.25, -0.2) is 0 Å². The third kappa shape index (κ3) is 5.05. The second-order valence-corrected chi connectivity index (χ2v) is 15.5. The monoisotopic (exact) mass is 817 g/mol. The smallest absolute Gasteiger partial charge is 0.449 e. The van der Waals surface area contributed by atoms with Crippen LogP contribution < -0.4 is 18.9 Å². The molecule has 0 saturated heterocycles. The van der Waals surface area contributed by atoms with E-state index in [-0.39, 0.29) is 0 Å². The zero-order valence-corrected chi connectivity index (χ0v) is 32.4. The van der Waals surface area contributed by atoms with Crippen LogP contribution in [-0.4, -0.2) is 12.7 Å². The van der Waals surface area contributed by atoms with Gasteiger partial charge in [-0.1, -0.05) is 162 Å². The summed E-state index contributed by atoms with van der Waals surface area (Å²) in [7, 11) is 0.769. The Morgan fingerprint density at radius 2 is 0.828 bits per heavy atom. The summed E-state index contributed by atoms with van der Waals surface area (Å²) in [6.07, 6.45) is 0. The molecule has 0 bridgehead atoms. The van der Waals surface area contributed by atoms with Crippen LogP contribution in [0.5, 0.6) is 46.0 Å². The number of para-hydroxylation sites is 4. The molecule has 6 nitrogen and oxygen atoms in total. The normalized spacial score (nSPS) is 17.9. The summed E-state index contributed by atoms with van der Waals surface area (Å²) >= 11 is 4.11. The zero-order valence-electron chi connectivity index (χ0n) is 30.8. The standard InChI is InChI=1S/C25H16BO4.C25H15BrO2/c27-26-30-25(16-8-2-1-3-9-16)18-11-5-4-10-17(18)23-19(25)14-15-22-24(23)29-21-13-7-6-12-20(21)28-22;26-25(16-8-2-1-3-9-16)18-11-5-4-10-17(18)23-19(25)14-15-22-24(23)28-21-13-7-6-12-20(21)27-22/h1-15,27H;1-15H. The number of alkyl halides is 1. The molecular weight excluding hydrogens is 787 g/mol. The highest BCUT2D eigenvalue weighted by Gasteiger charge is 2.48. The lowest BCUT2D eigenvalue weighted by molar-refractivity contribution is 0.143. The van der Waals surface area contributed by atoms with Gasteiger partial charge in [0.05, 0.1) is 0 Å². The molecule has 0 aromatic heterocycles. The SMILES string of the molecule is BrC1(c2ccccc2)c2ccccc2-c2c1ccc1c2Oc2ccccc2O1.O[B]OC1(c2ccccc2)c2ccccc2-c2c1ccc1c2Oc2ccccc2O1. The molecule has 12 rings (SSSR count). The van der Waals surface area contributed by atoms with Crippen molar-refractivity contribution in [3.05, 3.63) is 215 Å². The van der Waals surface area contributed by atoms with Crippen LogP contribution in [0.1, 0.15) is 33.4 Å². The largest absolute Gasteiger partial charge is 0.486 e. The van der Waals surface area contributed by atoms with Crippen molar-refractivity contribution >= 4 is 23.6 Å². The van der Waals surface area contributed by atoms with E-state index in [9.17, 15) is 5.02 Å². The van der Waals surface area contributed by atoms with Gasteiger partial charge < -0.3 is 28.6 Å². The molecule has 8 aromatic carbocycles. The molecule has 0 fully saturated rings. The van der Waals surface area contributed by atoms with Crippen LogP contribution in [-0.2, 0) is 14.6 Å². The second-order valence-electron chi connectivity index (χ2n) is 14.3. The topological polar surface area (TPSA) is 66.4 Å². The Balaban J connectivity index is 0.000000133. The molecule has 2 heterocycles. The first-order chi connectivity index (χ1) is 28.6. The maximum Gasteiger partial charge on any atom is 0.486 e. The van der Waals surface area contributed by atoms with Crippen LogP contribution >= 0.6 is 15.9 Å². The predicted molar refractivity (Wildman–Crippen MR) is 228 cm³/mol. The number of benzene rings is 8. The molecule has 2 aliphatic heterocycles. The van der Waals surface area contributed by atoms with Gasteiger partial charge in [-0.05, 0) is 75.3 Å². The summed E-state index contributed by atoms with van der Waals surface area (Å²) in [6, 6.07) is 60.4. The number of ether oxygens (including phenoxy) is 4. The number of rotatable bonds is 4. The van der Waals surface area contributed by atoms with E-state index in [0.29, 0.717) is 23.0 Å². The zero-order chi connectivity index (χ0) is 38.8. The molecule has 2 aliphatic carbocycles. The summed E-state index contributed by atoms with van der Waals surface area (Å²) < 4.78 is 30.6. The van der Waals surface area contributed by atoms with Crippen LogP contribution in [0.2, 0.25) is 0 Å². The number of hydrogen-bond donors (Lipinski definition) is 1. The Bertz CT molecular complexity index is 2900. The molecule has 2 unspecified atom stereocenters. The van der Waals surface area contributed by atoms with Crippen LogP contribution in [0.15, 0.2) is 182 Å². The van der Waals surface area contributed by atoms with Crippen LogP contribution in [0.3, 0.4) is 0 Å². The first-order valence-electron chi connectivity index (χ1n) is 19.0. The van der Waals surface area contributed by atoms with E-state index >= 15 is 0 Å². The highest BCUT2D eigenvalue weighted by molar-refractivity contribution is 9.10. The Labute approximate surface area is 344 Å². The maximum absolute atomic E-state index is 9.77. The van der Waals surface area contributed by atoms with Gasteiger partial charge in [0.25, 0.3) is 0 Å². The summed E-state index contributed by atoms with van der Waals surface area (Å²) in [6.45, 7) is 0. The van der Waals surface area contributed by atoms with Crippen molar-refractivity contribution in [3.63, 3.8) is 0 Å². The molecule has 1 N–H and O–H groups in total. The molecule has 8 aromatic rings. The average molecular weight is 819 g/mol. The fourth-order valence-electron chi connectivity index (χ4n) is 8.84. The summed E-state index contributed by atoms with van der Waals surface area (Å²) in [5, 5.41) is 9.77. The van der Waals surface area contributed by atoms with Gasteiger partial charge in [-0.15, -0.1) is 0 Å². The molecule has 277 valence electrons. The van der Waals surface area contributed by atoms with Crippen molar-refractivity contribution in [1.82, 2.24) is 0 Å². The van der Waals surface area contributed by atoms with E-state index in [1.165, 1.54) is 16.7 Å². The van der Waals surface area contributed by atoms with Crippen LogP contribution in [0.4, 0.5) is 0 Å². The average Bonchev–Trinajstić information content (AvgIpc) is 3.73. The molecule has 0 spiro atoms. The molecule has 4 aliphatic rings. The molecule has 0 saturated carbocycles. The third-order valence-corrected chi connectivity index (χ3v) is 12.6. The Morgan fingerprint density at radius 1 is 0.397 bits per heavy atom. The van der Waals surface area contributed by atoms with Crippen molar-refractivity contribution < 1.29 is 28.6 Å². The fourth-order valence-corrected chi connectivity index (χ4v) is 9.78. The highest BCUT2D eigenvalue weighted by Crippen LogP contribution is 2.63. The van der Waals surface area contributed by atoms with E-state index in [1.54, 1.807) is 0 Å². The Morgan fingerprint density at radius 3 is 1.40 bits per heavy atom. The number of fused-ring (bicyclic) bond motifs is 12. The Hall–Kier alpha value is -6.58. The molecule has 8 heteroatoms. The van der Waals surface area contributed by atoms with E-state index in [0.717, 1.165) is 69.6 Å². The van der Waals surface area contributed by atoms with Gasteiger partial charge >= 0.3 is 7.69 Å². The minimum Gasteiger partial charge on any atom is -0.449 e. The van der Waals surface area contributed by atoms with Crippen molar-refractivity contribution in [2.24, 2.45) is 0 Å². The highest BCUT2D eigenvalue weighted by atomic mass is 79.9. The van der Waals surface area contributed by atoms with Crippen molar-refractivity contribution in [2.75, 3.05) is 0 Å². The van der Waals surface area contributed by atoms with Crippen molar-refractivity contribution in [2.45, 2.75) is 9.93 Å². The quantitative estimate of drug-likeness (QED) is 0.141. The molecule has 2 atom stereocenters. The summed E-state index contributed by atoms with van der Waals surface area (Å²) in [4.78, 5) is 0. The van der Waals surface area contributed by atoms with Gasteiger partial charge in [0.2, 0.25) is 0 Å². The number of hydrogen-bond acceptors (Lipinski definition) is 6. The van der Waals surface area contributed by atoms with Gasteiger partial charge in [0.1, 0.15) is 9.93 Å². The molecule has 0 amide bonds. The first-order valence-corrected chi connectivity index (χ1v) is 19.8. The second kappa shape index (κ2) is 13.5. The van der Waals surface area contributed by atoms with Crippen molar-refractivity contribution in [3.8, 4) is 68.2 Å². The maximum atomic E-state index is 9.77. The Kier molecular flexibility index (Phi) is 8.08. The minimum atomic E-state index is -0.989. The van der Waals surface area contributed by atoms with E-state index in [1.807, 2.05) is 127 Å². The van der Waals surface area contributed by atoms with Crippen molar-refractivity contribution in [1.29, 1.82) is 0 Å². The molecular formula is C50H31BBrO6. The predicted octanol–water partition coefficient (Wildman–Crippen LogP) is 12.7. The minimum absolute atomic E-state index is 0.421. The first kappa shape index (κ1) is 34.7. The summed E-state index contributed by atoms with van der Waals surface area (Å²) in [5.41, 5.74) is 9.47. The fraction of sp³-hybridized carbons (Fsp3) is 0.0400. The number of halogens is 1. The van der Waals surface area contributed by atoms with Gasteiger partial charge in [0.15, 0.2) is 46.0 Å². The lowest BCUT2D eigenvalue weighted by Crippen LogP contribution is -2.32. The van der Waals surface area contributed by atoms with E-state index in [2.05, 4.69) is 70.5 Å². The molecule has 58 heavy (non-hydrogen) atoms. The van der Waals surface area contributed by atoms with E-state index in [4.69, 9.17) is 23.6 Å². The van der Waals surface area contributed by atoms with Crippen LogP contribution in [0.25, 0.3) is 22.3 Å². The van der Waals surface area contributed by atoms with Gasteiger partial charge in [0, 0.05) is 16.7 Å². The van der Waals surface area contributed by atoms with Gasteiger partial charge in [-0.3, -0.25) is 0 Å². The summed E-state index contributed by atoms with van der Waals surface area (Å²) in [5.74, 6) is 5.67. The lowest BCUT2D eigenvalue weighted by Gasteiger charge is -2.32.